The lowest BCUT2D eigenvalue weighted by molar-refractivity contribution is 0.0722. The van der Waals surface area contributed by atoms with E-state index < -0.39 is 5.82 Å². The van der Waals surface area contributed by atoms with Crippen LogP contribution in [0.4, 0.5) is 4.39 Å². The minimum absolute atomic E-state index is 0.247. The molecule has 0 radical (unpaired) electrons. The van der Waals surface area contributed by atoms with Crippen molar-refractivity contribution >= 4 is 5.91 Å². The highest BCUT2D eigenvalue weighted by Crippen LogP contribution is 2.21. The lowest BCUT2D eigenvalue weighted by atomic mass is 10.2. The summed E-state index contributed by atoms with van der Waals surface area (Å²) in [4.78, 5) is 12.0. The fraction of sp³-hybridized carbons (Fsp3) is 0.364. The average Bonchev–Trinajstić information content (AvgIpc) is 2.81. The van der Waals surface area contributed by atoms with Crippen LogP contribution in [0.5, 0.6) is 5.75 Å². The Morgan fingerprint density at radius 1 is 1.56 bits per heavy atom. The normalized spacial score (nSPS) is 15.2. The molecule has 2 rings (SSSR count). The molecule has 1 aliphatic heterocycles. The predicted molar refractivity (Wildman–Crippen MR) is 56.6 cm³/mol. The predicted octanol–water partition coefficient (Wildman–Crippen LogP) is 1.18. The number of ether oxygens (including phenoxy) is 1. The molecule has 5 heteroatoms. The van der Waals surface area contributed by atoms with Crippen LogP contribution in [0.25, 0.3) is 0 Å². The molecular weight excluding hydrogens is 211 g/mol. The highest BCUT2D eigenvalue weighted by molar-refractivity contribution is 5.96. The number of hydrogen-bond donors (Lipinski definition) is 1. The minimum atomic E-state index is -0.441. The van der Waals surface area contributed by atoms with Gasteiger partial charge in [0.15, 0.2) is 0 Å². The molecule has 0 atom stereocenters. The first-order valence-electron chi connectivity index (χ1n) is 5.11. The van der Waals surface area contributed by atoms with Crippen LogP contribution in [-0.2, 0) is 0 Å². The SMILES string of the molecule is COc1ccc(F)cc1C(=O)N1CCCN1. The number of amides is 1. The van der Waals surface area contributed by atoms with Crippen molar-refractivity contribution < 1.29 is 13.9 Å². The van der Waals surface area contributed by atoms with Gasteiger partial charge in [0.05, 0.1) is 12.7 Å². The van der Waals surface area contributed by atoms with Gasteiger partial charge in [-0.15, -0.1) is 0 Å². The molecule has 0 aliphatic carbocycles. The molecule has 0 spiro atoms. The number of halogens is 1. The summed E-state index contributed by atoms with van der Waals surface area (Å²) in [6.45, 7) is 1.40. The van der Waals surface area contributed by atoms with E-state index in [9.17, 15) is 9.18 Å². The molecule has 86 valence electrons. The van der Waals surface area contributed by atoms with Gasteiger partial charge in [-0.3, -0.25) is 9.80 Å². The number of nitrogens with one attached hydrogen (secondary N) is 1. The summed E-state index contributed by atoms with van der Waals surface area (Å²) in [5.74, 6) is -0.308. The van der Waals surface area contributed by atoms with Gasteiger partial charge in [-0.2, -0.15) is 0 Å². The first-order chi connectivity index (χ1) is 7.72. The summed E-state index contributed by atoms with van der Waals surface area (Å²) in [5.41, 5.74) is 3.18. The topological polar surface area (TPSA) is 41.6 Å². The van der Waals surface area contributed by atoms with Crippen molar-refractivity contribution in [3.05, 3.63) is 29.6 Å². The third-order valence-corrected chi connectivity index (χ3v) is 2.50. The highest BCUT2D eigenvalue weighted by atomic mass is 19.1. The van der Waals surface area contributed by atoms with Crippen LogP contribution >= 0.6 is 0 Å². The Labute approximate surface area is 93.0 Å². The molecule has 1 fully saturated rings. The van der Waals surface area contributed by atoms with Gasteiger partial charge in [-0.25, -0.2) is 9.82 Å². The number of carbonyl (C=O) groups is 1. The lowest BCUT2D eigenvalue weighted by Crippen LogP contribution is -2.37. The van der Waals surface area contributed by atoms with Gasteiger partial charge < -0.3 is 4.74 Å². The Balaban J connectivity index is 2.30. The van der Waals surface area contributed by atoms with E-state index in [-0.39, 0.29) is 11.5 Å². The number of hydrogen-bond acceptors (Lipinski definition) is 3. The third-order valence-electron chi connectivity index (χ3n) is 2.50. The van der Waals surface area contributed by atoms with Gasteiger partial charge >= 0.3 is 0 Å². The van der Waals surface area contributed by atoms with Gasteiger partial charge in [0.1, 0.15) is 11.6 Å². The van der Waals surface area contributed by atoms with Crippen LogP contribution in [0.1, 0.15) is 16.8 Å². The molecule has 1 aromatic carbocycles. The standard InChI is InChI=1S/C11H13FN2O2/c1-16-10-4-3-8(12)7-9(10)11(15)14-6-2-5-13-14/h3-4,7,13H,2,5-6H2,1H3. The summed E-state index contributed by atoms with van der Waals surface area (Å²) >= 11 is 0. The minimum Gasteiger partial charge on any atom is -0.496 e. The van der Waals surface area contributed by atoms with Crippen LogP contribution in [0.3, 0.4) is 0 Å². The molecule has 0 unspecified atom stereocenters. The largest absolute Gasteiger partial charge is 0.496 e. The van der Waals surface area contributed by atoms with E-state index in [0.717, 1.165) is 13.0 Å². The fourth-order valence-electron chi connectivity index (χ4n) is 1.70. The van der Waals surface area contributed by atoms with Crippen LogP contribution < -0.4 is 10.2 Å². The summed E-state index contributed by atoms with van der Waals surface area (Å²) in [5, 5.41) is 1.48. The monoisotopic (exact) mass is 224 g/mol. The maximum Gasteiger partial charge on any atom is 0.271 e. The maximum absolute atomic E-state index is 13.1. The van der Waals surface area contributed by atoms with E-state index >= 15 is 0 Å². The molecule has 0 bridgehead atoms. The highest BCUT2D eigenvalue weighted by Gasteiger charge is 2.22. The number of nitrogens with zero attached hydrogens (tertiary/aromatic N) is 1. The molecule has 1 heterocycles. The van der Waals surface area contributed by atoms with E-state index in [1.807, 2.05) is 0 Å². The zero-order valence-electron chi connectivity index (χ0n) is 9.00. The molecule has 1 N–H and O–H groups in total. The second kappa shape index (κ2) is 4.49. The summed E-state index contributed by atoms with van der Waals surface area (Å²) < 4.78 is 18.1. The van der Waals surface area contributed by atoms with Crippen LogP contribution in [0.15, 0.2) is 18.2 Å². The number of carbonyl (C=O) groups excluding carboxylic acids is 1. The Kier molecular flexibility index (Phi) is 3.05. The molecule has 16 heavy (non-hydrogen) atoms. The summed E-state index contributed by atoms with van der Waals surface area (Å²) in [7, 11) is 1.46. The molecule has 4 nitrogen and oxygen atoms in total. The van der Waals surface area contributed by atoms with E-state index in [4.69, 9.17) is 4.74 Å². The molecule has 1 aliphatic rings. The van der Waals surface area contributed by atoms with Crippen molar-refractivity contribution in [2.75, 3.05) is 20.2 Å². The second-order valence-corrected chi connectivity index (χ2v) is 3.56. The van der Waals surface area contributed by atoms with E-state index in [0.29, 0.717) is 12.3 Å². The third kappa shape index (κ3) is 1.99. The van der Waals surface area contributed by atoms with Crippen molar-refractivity contribution in [2.24, 2.45) is 0 Å². The number of benzene rings is 1. The van der Waals surface area contributed by atoms with Crippen LogP contribution in [-0.4, -0.2) is 31.1 Å². The van der Waals surface area contributed by atoms with Gasteiger partial charge in [0.25, 0.3) is 5.91 Å². The Bertz CT molecular complexity index is 403. The lowest BCUT2D eigenvalue weighted by Gasteiger charge is -2.17. The summed E-state index contributed by atoms with van der Waals surface area (Å²) in [6.07, 6.45) is 0.906. The second-order valence-electron chi connectivity index (χ2n) is 3.56. The zero-order valence-corrected chi connectivity index (χ0v) is 9.00. The average molecular weight is 224 g/mol. The Morgan fingerprint density at radius 2 is 2.38 bits per heavy atom. The molecule has 1 amide bonds. The van der Waals surface area contributed by atoms with E-state index in [1.165, 1.54) is 30.3 Å². The molecule has 0 aromatic heterocycles. The van der Waals surface area contributed by atoms with Gasteiger partial charge in [0, 0.05) is 13.1 Å². The van der Waals surface area contributed by atoms with Crippen LogP contribution in [0, 0.1) is 5.82 Å². The van der Waals surface area contributed by atoms with E-state index in [2.05, 4.69) is 5.43 Å². The van der Waals surface area contributed by atoms with Crippen molar-refractivity contribution in [2.45, 2.75) is 6.42 Å². The molecule has 1 saturated heterocycles. The molecule has 0 saturated carbocycles. The zero-order chi connectivity index (χ0) is 11.5. The van der Waals surface area contributed by atoms with Crippen molar-refractivity contribution in [3.8, 4) is 5.75 Å². The first-order valence-corrected chi connectivity index (χ1v) is 5.11. The number of rotatable bonds is 2. The maximum atomic E-state index is 13.1. The Hall–Kier alpha value is -1.62. The smallest absolute Gasteiger partial charge is 0.271 e. The van der Waals surface area contributed by atoms with E-state index in [1.54, 1.807) is 0 Å². The van der Waals surface area contributed by atoms with Gasteiger partial charge in [-0.1, -0.05) is 0 Å². The Morgan fingerprint density at radius 3 is 3.00 bits per heavy atom. The molecular formula is C11H13FN2O2. The number of hydrazine groups is 1. The number of methoxy groups -OCH3 is 1. The first kappa shape index (κ1) is 10.9. The van der Waals surface area contributed by atoms with Crippen molar-refractivity contribution in [1.29, 1.82) is 0 Å². The summed E-state index contributed by atoms with van der Waals surface area (Å²) in [6, 6.07) is 3.92. The van der Waals surface area contributed by atoms with Crippen molar-refractivity contribution in [1.82, 2.24) is 10.4 Å². The van der Waals surface area contributed by atoms with Gasteiger partial charge in [-0.05, 0) is 24.6 Å². The fourth-order valence-corrected chi connectivity index (χ4v) is 1.70. The molecule has 1 aromatic rings. The quantitative estimate of drug-likeness (QED) is 0.820. The van der Waals surface area contributed by atoms with Crippen LogP contribution in [0.2, 0.25) is 0 Å². The van der Waals surface area contributed by atoms with Gasteiger partial charge in [0.2, 0.25) is 0 Å². The van der Waals surface area contributed by atoms with Crippen molar-refractivity contribution in [3.63, 3.8) is 0 Å².